The number of hydrogen-bond donors (Lipinski definition) is 1. The molecule has 5 nitrogen and oxygen atoms in total. The number of nitrogens with zero attached hydrogens (tertiary/aromatic N) is 3. The summed E-state index contributed by atoms with van der Waals surface area (Å²) in [5.41, 5.74) is 3.09. The number of guanidine groups is 1. The minimum absolute atomic E-state index is 0.198. The third-order valence-corrected chi connectivity index (χ3v) is 4.68. The van der Waals surface area contributed by atoms with Gasteiger partial charge in [0.15, 0.2) is 5.96 Å². The maximum Gasteiger partial charge on any atom is 0.227 e. The lowest BCUT2D eigenvalue weighted by molar-refractivity contribution is -0.117. The van der Waals surface area contributed by atoms with Gasteiger partial charge in [-0.15, -0.1) is 0 Å². The molecule has 0 bridgehead atoms. The van der Waals surface area contributed by atoms with Crippen molar-refractivity contribution in [1.82, 2.24) is 10.2 Å². The number of halogens is 1. The van der Waals surface area contributed by atoms with Gasteiger partial charge >= 0.3 is 0 Å². The van der Waals surface area contributed by atoms with Gasteiger partial charge in [-0.1, -0.05) is 24.3 Å². The molecule has 1 aliphatic heterocycles. The average Bonchev–Trinajstić information content (AvgIpc) is 3.10. The number of aliphatic imine (C=N–C) groups is 1. The van der Waals surface area contributed by atoms with Crippen molar-refractivity contribution in [2.75, 3.05) is 25.5 Å². The summed E-state index contributed by atoms with van der Waals surface area (Å²) in [5.74, 6) is 0.727. The van der Waals surface area contributed by atoms with Crippen LogP contribution in [0.25, 0.3) is 0 Å². The van der Waals surface area contributed by atoms with E-state index in [1.54, 1.807) is 19.2 Å². The molecule has 3 rings (SSSR count). The van der Waals surface area contributed by atoms with Crippen LogP contribution in [-0.4, -0.2) is 37.4 Å². The highest BCUT2D eigenvalue weighted by atomic mass is 19.1. The molecule has 1 saturated heterocycles. The molecule has 0 spiro atoms. The lowest BCUT2D eigenvalue weighted by Crippen LogP contribution is -2.38. The lowest BCUT2D eigenvalue weighted by atomic mass is 10.2. The average molecular weight is 368 g/mol. The Bertz CT molecular complexity index is 802. The van der Waals surface area contributed by atoms with Crippen LogP contribution in [0.4, 0.5) is 10.1 Å². The molecule has 1 aliphatic rings. The molecule has 2 aromatic carbocycles. The fraction of sp³-hybridized carbons (Fsp3) is 0.333. The van der Waals surface area contributed by atoms with Crippen molar-refractivity contribution in [2.24, 2.45) is 4.99 Å². The first-order valence-corrected chi connectivity index (χ1v) is 9.12. The fourth-order valence-electron chi connectivity index (χ4n) is 3.22. The Morgan fingerprint density at radius 2 is 1.81 bits per heavy atom. The fourth-order valence-corrected chi connectivity index (χ4v) is 3.22. The van der Waals surface area contributed by atoms with Crippen LogP contribution < -0.4 is 10.2 Å². The third kappa shape index (κ3) is 4.84. The zero-order chi connectivity index (χ0) is 19.2. The van der Waals surface area contributed by atoms with Crippen molar-refractivity contribution in [2.45, 2.75) is 25.9 Å². The monoisotopic (exact) mass is 368 g/mol. The summed E-state index contributed by atoms with van der Waals surface area (Å²) in [4.78, 5) is 20.0. The molecule has 1 N–H and O–H groups in total. The first-order chi connectivity index (χ1) is 13.1. The predicted molar refractivity (Wildman–Crippen MR) is 106 cm³/mol. The summed E-state index contributed by atoms with van der Waals surface area (Å²) in [6.45, 7) is 2.07. The van der Waals surface area contributed by atoms with Crippen molar-refractivity contribution in [1.29, 1.82) is 0 Å². The number of anilines is 1. The van der Waals surface area contributed by atoms with Gasteiger partial charge in [-0.05, 0) is 41.8 Å². The molecule has 0 saturated carbocycles. The molecule has 0 unspecified atom stereocenters. The van der Waals surface area contributed by atoms with Crippen molar-refractivity contribution < 1.29 is 9.18 Å². The van der Waals surface area contributed by atoms with Crippen molar-refractivity contribution >= 4 is 17.6 Å². The summed E-state index contributed by atoms with van der Waals surface area (Å²) in [5, 5.41) is 3.34. The smallest absolute Gasteiger partial charge is 0.227 e. The molecule has 0 atom stereocenters. The van der Waals surface area contributed by atoms with E-state index in [9.17, 15) is 9.18 Å². The molecule has 6 heteroatoms. The molecule has 1 amide bonds. The summed E-state index contributed by atoms with van der Waals surface area (Å²) >= 11 is 0. The van der Waals surface area contributed by atoms with Crippen molar-refractivity contribution in [3.8, 4) is 0 Å². The minimum Gasteiger partial charge on any atom is -0.352 e. The molecule has 1 heterocycles. The number of rotatable bonds is 5. The van der Waals surface area contributed by atoms with E-state index >= 15 is 0 Å². The van der Waals surface area contributed by atoms with E-state index < -0.39 is 0 Å². The number of amides is 1. The van der Waals surface area contributed by atoms with E-state index in [4.69, 9.17) is 0 Å². The zero-order valence-electron chi connectivity index (χ0n) is 15.8. The van der Waals surface area contributed by atoms with Crippen LogP contribution in [0.1, 0.15) is 24.0 Å². The van der Waals surface area contributed by atoms with Gasteiger partial charge in [0.2, 0.25) is 5.91 Å². The highest BCUT2D eigenvalue weighted by Crippen LogP contribution is 2.21. The van der Waals surface area contributed by atoms with Crippen LogP contribution in [0.3, 0.4) is 0 Å². The predicted octanol–water partition coefficient (Wildman–Crippen LogP) is 3.16. The van der Waals surface area contributed by atoms with E-state index in [0.29, 0.717) is 19.5 Å². The Hall–Kier alpha value is -2.89. The van der Waals surface area contributed by atoms with Crippen LogP contribution >= 0.6 is 0 Å². The molecule has 2 aromatic rings. The van der Waals surface area contributed by atoms with Crippen LogP contribution in [-0.2, 0) is 17.9 Å². The van der Waals surface area contributed by atoms with Crippen LogP contribution in [0, 0.1) is 5.82 Å². The lowest BCUT2D eigenvalue weighted by Gasteiger charge is -2.22. The SMILES string of the molecule is CN=C(NCc1ccc(N2CCCC2=O)cc1)N(C)Cc1ccc(F)cc1. The largest absolute Gasteiger partial charge is 0.352 e. The Morgan fingerprint density at radius 1 is 1.15 bits per heavy atom. The van der Waals surface area contributed by atoms with E-state index in [0.717, 1.165) is 35.7 Å². The normalized spacial score (nSPS) is 14.6. The minimum atomic E-state index is -0.233. The molecule has 142 valence electrons. The Kier molecular flexibility index (Phi) is 6.06. The summed E-state index contributed by atoms with van der Waals surface area (Å²) in [6.07, 6.45) is 1.57. The highest BCUT2D eigenvalue weighted by molar-refractivity contribution is 5.95. The Balaban J connectivity index is 1.55. The summed E-state index contributed by atoms with van der Waals surface area (Å²) in [7, 11) is 3.69. The van der Waals surface area contributed by atoms with Gasteiger partial charge in [0, 0.05) is 45.8 Å². The zero-order valence-corrected chi connectivity index (χ0v) is 15.8. The maximum atomic E-state index is 13.0. The maximum absolute atomic E-state index is 13.0. The second kappa shape index (κ2) is 8.66. The number of carbonyl (C=O) groups is 1. The van der Waals surface area contributed by atoms with Gasteiger partial charge in [-0.25, -0.2) is 4.39 Å². The summed E-state index contributed by atoms with van der Waals surface area (Å²) in [6, 6.07) is 14.5. The third-order valence-electron chi connectivity index (χ3n) is 4.68. The quantitative estimate of drug-likeness (QED) is 0.651. The second-order valence-corrected chi connectivity index (χ2v) is 6.70. The molecule has 1 fully saturated rings. The molecular formula is C21H25FN4O. The number of hydrogen-bond acceptors (Lipinski definition) is 2. The van der Waals surface area contributed by atoms with E-state index in [1.807, 2.05) is 41.1 Å². The molecule has 0 radical (unpaired) electrons. The van der Waals surface area contributed by atoms with E-state index in [-0.39, 0.29) is 11.7 Å². The van der Waals surface area contributed by atoms with E-state index in [1.165, 1.54) is 12.1 Å². The Labute approximate surface area is 159 Å². The second-order valence-electron chi connectivity index (χ2n) is 6.70. The van der Waals surface area contributed by atoms with Crippen molar-refractivity contribution in [3.05, 3.63) is 65.5 Å². The van der Waals surface area contributed by atoms with Crippen LogP contribution in [0.5, 0.6) is 0 Å². The van der Waals surface area contributed by atoms with Crippen molar-refractivity contribution in [3.63, 3.8) is 0 Å². The van der Waals surface area contributed by atoms with Crippen LogP contribution in [0.2, 0.25) is 0 Å². The van der Waals surface area contributed by atoms with Gasteiger partial charge in [-0.2, -0.15) is 0 Å². The summed E-state index contributed by atoms with van der Waals surface area (Å²) < 4.78 is 13.0. The first-order valence-electron chi connectivity index (χ1n) is 9.12. The number of carbonyl (C=O) groups excluding carboxylic acids is 1. The highest BCUT2D eigenvalue weighted by Gasteiger charge is 2.21. The van der Waals surface area contributed by atoms with Crippen LogP contribution in [0.15, 0.2) is 53.5 Å². The number of benzene rings is 2. The molecular weight excluding hydrogens is 343 g/mol. The van der Waals surface area contributed by atoms with Gasteiger partial charge in [0.1, 0.15) is 5.82 Å². The first kappa shape index (κ1) is 18.9. The van der Waals surface area contributed by atoms with Gasteiger partial charge < -0.3 is 15.1 Å². The molecule has 27 heavy (non-hydrogen) atoms. The van der Waals surface area contributed by atoms with Gasteiger partial charge in [0.05, 0.1) is 0 Å². The van der Waals surface area contributed by atoms with E-state index in [2.05, 4.69) is 10.3 Å². The van der Waals surface area contributed by atoms with Gasteiger partial charge in [-0.3, -0.25) is 9.79 Å². The van der Waals surface area contributed by atoms with Gasteiger partial charge in [0.25, 0.3) is 0 Å². The molecule has 0 aliphatic carbocycles. The Morgan fingerprint density at radius 3 is 2.41 bits per heavy atom. The number of nitrogens with one attached hydrogen (secondary N) is 1. The topological polar surface area (TPSA) is 47.9 Å². The molecule has 0 aromatic heterocycles. The standard InChI is InChI=1S/C21H25FN4O/c1-23-21(25(2)15-17-5-9-18(22)10-6-17)24-14-16-7-11-19(12-8-16)26-13-3-4-20(26)27/h5-12H,3-4,13-15H2,1-2H3,(H,23,24).